The molecule has 0 aliphatic carbocycles. The van der Waals surface area contributed by atoms with E-state index in [2.05, 4.69) is 49.5 Å². The fourth-order valence-electron chi connectivity index (χ4n) is 2.61. The first-order valence-electron chi connectivity index (χ1n) is 7.79. The molecule has 0 fully saturated rings. The van der Waals surface area contributed by atoms with E-state index in [0.717, 1.165) is 17.9 Å². The highest BCUT2D eigenvalue weighted by Gasteiger charge is 2.16. The van der Waals surface area contributed by atoms with Gasteiger partial charge in [0.1, 0.15) is 12.4 Å². The average Bonchev–Trinajstić information content (AvgIpc) is 2.98. The molecule has 2 atom stereocenters. The minimum absolute atomic E-state index is 0.311. The predicted octanol–water partition coefficient (Wildman–Crippen LogP) is 3.21. The number of hydrogen-bond donors (Lipinski definition) is 1. The van der Waals surface area contributed by atoms with Gasteiger partial charge in [0.2, 0.25) is 0 Å². The van der Waals surface area contributed by atoms with E-state index in [4.69, 9.17) is 4.74 Å². The number of para-hydroxylation sites is 1. The molecule has 22 heavy (non-hydrogen) atoms. The number of rotatable bonds is 5. The van der Waals surface area contributed by atoms with Gasteiger partial charge in [0.25, 0.3) is 0 Å². The molecule has 3 rings (SSSR count). The molecule has 2 aromatic rings. The standard InChI is InChI=1S/C18H23N3O/c1-13-9-20-21(11-13)15(3)14(2)19-10-16-8-17-6-4-5-7-18(17)22-12-16/h4-9,11,14-15,19H,10,12H2,1-3H3/t14-,15-/m1/s1. The lowest BCUT2D eigenvalue weighted by atomic mass is 10.1. The lowest BCUT2D eigenvalue weighted by molar-refractivity contribution is 0.332. The van der Waals surface area contributed by atoms with E-state index >= 15 is 0 Å². The van der Waals surface area contributed by atoms with Crippen LogP contribution in [0.3, 0.4) is 0 Å². The monoisotopic (exact) mass is 297 g/mol. The van der Waals surface area contributed by atoms with Gasteiger partial charge in [-0.3, -0.25) is 4.68 Å². The summed E-state index contributed by atoms with van der Waals surface area (Å²) in [6, 6.07) is 8.79. The minimum Gasteiger partial charge on any atom is -0.489 e. The second-order valence-corrected chi connectivity index (χ2v) is 6.04. The molecule has 2 heterocycles. The van der Waals surface area contributed by atoms with Gasteiger partial charge < -0.3 is 10.1 Å². The van der Waals surface area contributed by atoms with Gasteiger partial charge in [-0.1, -0.05) is 18.2 Å². The maximum Gasteiger partial charge on any atom is 0.127 e. The second-order valence-electron chi connectivity index (χ2n) is 6.04. The number of aryl methyl sites for hydroxylation is 1. The molecular formula is C18H23N3O. The van der Waals surface area contributed by atoms with E-state index in [9.17, 15) is 0 Å². The number of benzene rings is 1. The maximum absolute atomic E-state index is 5.79. The van der Waals surface area contributed by atoms with Gasteiger partial charge in [0, 0.05) is 24.3 Å². The van der Waals surface area contributed by atoms with Crippen LogP contribution in [0.2, 0.25) is 0 Å². The molecule has 0 amide bonds. The van der Waals surface area contributed by atoms with E-state index in [1.165, 1.54) is 11.1 Å². The molecule has 1 aromatic heterocycles. The molecule has 0 saturated carbocycles. The third kappa shape index (κ3) is 3.22. The molecule has 1 aromatic carbocycles. The Bertz CT molecular complexity index is 674. The zero-order valence-corrected chi connectivity index (χ0v) is 13.4. The molecule has 1 aliphatic rings. The summed E-state index contributed by atoms with van der Waals surface area (Å²) in [6.45, 7) is 7.94. The highest BCUT2D eigenvalue weighted by atomic mass is 16.5. The first-order chi connectivity index (χ1) is 10.6. The molecule has 4 nitrogen and oxygen atoms in total. The smallest absolute Gasteiger partial charge is 0.127 e. The Kier molecular flexibility index (Phi) is 4.29. The zero-order chi connectivity index (χ0) is 15.5. The molecule has 0 unspecified atom stereocenters. The van der Waals surface area contributed by atoms with E-state index in [-0.39, 0.29) is 0 Å². The molecule has 1 N–H and O–H groups in total. The van der Waals surface area contributed by atoms with Gasteiger partial charge in [-0.2, -0.15) is 5.10 Å². The van der Waals surface area contributed by atoms with Crippen molar-refractivity contribution in [1.29, 1.82) is 0 Å². The van der Waals surface area contributed by atoms with Gasteiger partial charge in [-0.25, -0.2) is 0 Å². The molecule has 0 saturated heterocycles. The molecule has 116 valence electrons. The van der Waals surface area contributed by atoms with Crippen molar-refractivity contribution in [3.63, 3.8) is 0 Å². The van der Waals surface area contributed by atoms with Crippen LogP contribution in [0.25, 0.3) is 6.08 Å². The molecule has 0 bridgehead atoms. The summed E-state index contributed by atoms with van der Waals surface area (Å²) in [5.74, 6) is 0.972. The third-order valence-electron chi connectivity index (χ3n) is 4.21. The SMILES string of the molecule is Cc1cnn([C@H](C)[C@@H](C)NCC2=Cc3ccccc3OC2)c1. The molecule has 1 aliphatic heterocycles. The van der Waals surface area contributed by atoms with E-state index in [1.54, 1.807) is 0 Å². The summed E-state index contributed by atoms with van der Waals surface area (Å²) in [4.78, 5) is 0. The van der Waals surface area contributed by atoms with Crippen LogP contribution < -0.4 is 10.1 Å². The van der Waals surface area contributed by atoms with Crippen molar-refractivity contribution < 1.29 is 4.74 Å². The highest BCUT2D eigenvalue weighted by Crippen LogP contribution is 2.25. The van der Waals surface area contributed by atoms with Crippen molar-refractivity contribution in [2.45, 2.75) is 32.9 Å². The van der Waals surface area contributed by atoms with Crippen LogP contribution in [0.5, 0.6) is 5.75 Å². The van der Waals surface area contributed by atoms with Crippen molar-refractivity contribution in [2.75, 3.05) is 13.2 Å². The van der Waals surface area contributed by atoms with Crippen molar-refractivity contribution in [3.05, 3.63) is 53.4 Å². The quantitative estimate of drug-likeness (QED) is 0.921. The lowest BCUT2D eigenvalue weighted by Crippen LogP contribution is -2.36. The van der Waals surface area contributed by atoms with Crippen molar-refractivity contribution in [1.82, 2.24) is 15.1 Å². The number of hydrogen-bond acceptors (Lipinski definition) is 3. The van der Waals surface area contributed by atoms with Gasteiger partial charge in [0.05, 0.1) is 12.2 Å². The fraction of sp³-hybridized carbons (Fsp3) is 0.389. The highest BCUT2D eigenvalue weighted by molar-refractivity contribution is 5.62. The third-order valence-corrected chi connectivity index (χ3v) is 4.21. The van der Waals surface area contributed by atoms with Crippen molar-refractivity contribution in [2.24, 2.45) is 0 Å². The summed E-state index contributed by atoms with van der Waals surface area (Å²) < 4.78 is 7.81. The minimum atomic E-state index is 0.311. The summed E-state index contributed by atoms with van der Waals surface area (Å²) in [5, 5.41) is 7.98. The zero-order valence-electron chi connectivity index (χ0n) is 13.4. The number of ether oxygens (including phenoxy) is 1. The number of aromatic nitrogens is 2. The predicted molar refractivity (Wildman–Crippen MR) is 89.1 cm³/mol. The largest absolute Gasteiger partial charge is 0.489 e. The first kappa shape index (κ1) is 14.9. The van der Waals surface area contributed by atoms with Crippen LogP contribution in [0, 0.1) is 6.92 Å². The lowest BCUT2D eigenvalue weighted by Gasteiger charge is -2.24. The summed E-state index contributed by atoms with van der Waals surface area (Å²) in [5.41, 5.74) is 3.63. The Morgan fingerprint density at radius 3 is 2.91 bits per heavy atom. The van der Waals surface area contributed by atoms with Crippen molar-refractivity contribution >= 4 is 6.08 Å². The fourth-order valence-corrected chi connectivity index (χ4v) is 2.61. The van der Waals surface area contributed by atoms with Crippen LogP contribution in [0.1, 0.15) is 31.0 Å². The van der Waals surface area contributed by atoms with Crippen LogP contribution in [0.15, 0.2) is 42.2 Å². The molecule has 0 spiro atoms. The van der Waals surface area contributed by atoms with Gasteiger partial charge in [-0.05, 0) is 44.1 Å². The first-order valence-corrected chi connectivity index (χ1v) is 7.79. The topological polar surface area (TPSA) is 39.1 Å². The maximum atomic E-state index is 5.79. The second kappa shape index (κ2) is 6.36. The van der Waals surface area contributed by atoms with Crippen LogP contribution >= 0.6 is 0 Å². The molecule has 0 radical (unpaired) electrons. The number of nitrogens with one attached hydrogen (secondary N) is 1. The van der Waals surface area contributed by atoms with Crippen LogP contribution in [-0.2, 0) is 0 Å². The van der Waals surface area contributed by atoms with Crippen molar-refractivity contribution in [3.8, 4) is 5.75 Å². The van der Waals surface area contributed by atoms with Crippen LogP contribution in [-0.4, -0.2) is 29.0 Å². The molecular weight excluding hydrogens is 274 g/mol. The van der Waals surface area contributed by atoms with Gasteiger partial charge in [0.15, 0.2) is 0 Å². The Morgan fingerprint density at radius 1 is 1.32 bits per heavy atom. The van der Waals surface area contributed by atoms with E-state index < -0.39 is 0 Å². The Labute approximate surface area is 131 Å². The normalized spacial score (nSPS) is 16.4. The van der Waals surface area contributed by atoms with E-state index in [1.807, 2.05) is 29.1 Å². The summed E-state index contributed by atoms with van der Waals surface area (Å²) in [7, 11) is 0. The summed E-state index contributed by atoms with van der Waals surface area (Å²) >= 11 is 0. The average molecular weight is 297 g/mol. The number of fused-ring (bicyclic) bond motifs is 1. The Morgan fingerprint density at radius 2 is 2.14 bits per heavy atom. The van der Waals surface area contributed by atoms with Gasteiger partial charge >= 0.3 is 0 Å². The molecule has 4 heteroatoms. The van der Waals surface area contributed by atoms with Crippen LogP contribution in [0.4, 0.5) is 0 Å². The Balaban J connectivity index is 1.60. The Hall–Kier alpha value is -2.07. The van der Waals surface area contributed by atoms with E-state index in [0.29, 0.717) is 18.7 Å². The van der Waals surface area contributed by atoms with Gasteiger partial charge in [-0.15, -0.1) is 0 Å². The summed E-state index contributed by atoms with van der Waals surface area (Å²) in [6.07, 6.45) is 6.21. The number of nitrogens with zero attached hydrogens (tertiary/aromatic N) is 2.